The molecule has 3 unspecified atom stereocenters. The fourth-order valence-corrected chi connectivity index (χ4v) is 2.53. The van der Waals surface area contributed by atoms with E-state index in [9.17, 15) is 9.59 Å². The molecule has 0 saturated heterocycles. The Hall–Kier alpha value is -1.10. The molecule has 0 spiro atoms. The molecule has 3 atom stereocenters. The molecule has 110 valence electrons. The summed E-state index contributed by atoms with van der Waals surface area (Å²) in [6.45, 7) is 6.37. The molecule has 5 nitrogen and oxygen atoms in total. The van der Waals surface area contributed by atoms with E-state index >= 15 is 0 Å². The SMILES string of the molecule is CC1CCC(N)C(C(=O)NCCC(=O)NC(C)C)C1. The van der Waals surface area contributed by atoms with E-state index in [2.05, 4.69) is 17.6 Å². The summed E-state index contributed by atoms with van der Waals surface area (Å²) in [5.74, 6) is 0.421. The predicted molar refractivity (Wildman–Crippen MR) is 75.4 cm³/mol. The van der Waals surface area contributed by atoms with Gasteiger partial charge in [-0.1, -0.05) is 6.92 Å². The van der Waals surface area contributed by atoms with Crippen molar-refractivity contribution in [3.63, 3.8) is 0 Å². The van der Waals surface area contributed by atoms with Crippen LogP contribution in [0.15, 0.2) is 0 Å². The molecule has 0 aliphatic heterocycles. The van der Waals surface area contributed by atoms with Crippen molar-refractivity contribution in [3.8, 4) is 0 Å². The molecular weight excluding hydrogens is 242 g/mol. The third-order valence-corrected chi connectivity index (χ3v) is 3.60. The third kappa shape index (κ3) is 5.59. The van der Waals surface area contributed by atoms with Crippen LogP contribution in [-0.4, -0.2) is 30.4 Å². The highest BCUT2D eigenvalue weighted by Crippen LogP contribution is 2.27. The Morgan fingerprint density at radius 2 is 2.00 bits per heavy atom. The number of nitrogens with two attached hydrogens (primary N) is 1. The smallest absolute Gasteiger partial charge is 0.224 e. The minimum absolute atomic E-state index is 0.00334. The van der Waals surface area contributed by atoms with Crippen molar-refractivity contribution in [3.05, 3.63) is 0 Å². The molecule has 0 aromatic heterocycles. The lowest BCUT2D eigenvalue weighted by atomic mass is 9.79. The van der Waals surface area contributed by atoms with Crippen LogP contribution in [0.25, 0.3) is 0 Å². The van der Waals surface area contributed by atoms with Crippen LogP contribution in [0.1, 0.15) is 46.5 Å². The maximum Gasteiger partial charge on any atom is 0.224 e. The van der Waals surface area contributed by atoms with E-state index < -0.39 is 0 Å². The van der Waals surface area contributed by atoms with Gasteiger partial charge in [0.15, 0.2) is 0 Å². The summed E-state index contributed by atoms with van der Waals surface area (Å²) in [4.78, 5) is 23.5. The standard InChI is InChI=1S/C14H27N3O2/c1-9(2)17-13(18)6-7-16-14(19)11-8-10(3)4-5-12(11)15/h9-12H,4-8,15H2,1-3H3,(H,16,19)(H,17,18). The Morgan fingerprint density at radius 3 is 2.63 bits per heavy atom. The average molecular weight is 269 g/mol. The van der Waals surface area contributed by atoms with Crippen molar-refractivity contribution in [1.29, 1.82) is 0 Å². The minimum atomic E-state index is -0.100. The zero-order chi connectivity index (χ0) is 14.4. The molecule has 1 aliphatic rings. The van der Waals surface area contributed by atoms with E-state index in [-0.39, 0.29) is 29.8 Å². The summed E-state index contributed by atoms with van der Waals surface area (Å²) in [5.41, 5.74) is 6.00. The number of amides is 2. The Bertz CT molecular complexity index is 318. The largest absolute Gasteiger partial charge is 0.355 e. The van der Waals surface area contributed by atoms with Gasteiger partial charge in [-0.2, -0.15) is 0 Å². The van der Waals surface area contributed by atoms with Crippen molar-refractivity contribution in [2.24, 2.45) is 17.6 Å². The molecule has 19 heavy (non-hydrogen) atoms. The van der Waals surface area contributed by atoms with Gasteiger partial charge in [-0.3, -0.25) is 9.59 Å². The number of rotatable bonds is 5. The van der Waals surface area contributed by atoms with Gasteiger partial charge in [0.25, 0.3) is 0 Å². The van der Waals surface area contributed by atoms with Crippen molar-refractivity contribution in [1.82, 2.24) is 10.6 Å². The van der Waals surface area contributed by atoms with E-state index in [1.54, 1.807) is 0 Å². The first-order valence-corrected chi connectivity index (χ1v) is 7.22. The van der Waals surface area contributed by atoms with Crippen LogP contribution < -0.4 is 16.4 Å². The summed E-state index contributed by atoms with van der Waals surface area (Å²) < 4.78 is 0. The van der Waals surface area contributed by atoms with Gasteiger partial charge < -0.3 is 16.4 Å². The Kier molecular flexibility index (Phi) is 6.28. The molecule has 5 heteroatoms. The van der Waals surface area contributed by atoms with Gasteiger partial charge >= 0.3 is 0 Å². The second kappa shape index (κ2) is 7.48. The molecular formula is C14H27N3O2. The molecule has 0 bridgehead atoms. The summed E-state index contributed by atoms with van der Waals surface area (Å²) in [5, 5.41) is 5.62. The maximum absolute atomic E-state index is 12.0. The van der Waals surface area contributed by atoms with Crippen molar-refractivity contribution in [2.75, 3.05) is 6.54 Å². The molecule has 4 N–H and O–H groups in total. The van der Waals surface area contributed by atoms with Crippen LogP contribution in [0.2, 0.25) is 0 Å². The highest BCUT2D eigenvalue weighted by atomic mass is 16.2. The highest BCUT2D eigenvalue weighted by Gasteiger charge is 2.31. The number of carbonyl (C=O) groups excluding carboxylic acids is 2. The van der Waals surface area contributed by atoms with E-state index in [4.69, 9.17) is 5.73 Å². The molecule has 0 radical (unpaired) electrons. The predicted octanol–water partition coefficient (Wildman–Crippen LogP) is 0.781. The van der Waals surface area contributed by atoms with E-state index in [0.717, 1.165) is 19.3 Å². The Morgan fingerprint density at radius 1 is 1.32 bits per heavy atom. The highest BCUT2D eigenvalue weighted by molar-refractivity contribution is 5.81. The molecule has 1 aliphatic carbocycles. The van der Waals surface area contributed by atoms with Gasteiger partial charge in [-0.05, 0) is 39.0 Å². The average Bonchev–Trinajstić information content (AvgIpc) is 2.31. The quantitative estimate of drug-likeness (QED) is 0.689. The molecule has 0 aromatic carbocycles. The molecule has 1 saturated carbocycles. The second-order valence-corrected chi connectivity index (χ2v) is 5.95. The van der Waals surface area contributed by atoms with Gasteiger partial charge in [0.1, 0.15) is 0 Å². The zero-order valence-electron chi connectivity index (χ0n) is 12.2. The van der Waals surface area contributed by atoms with Crippen LogP contribution in [0.4, 0.5) is 0 Å². The second-order valence-electron chi connectivity index (χ2n) is 5.95. The Balaban J connectivity index is 2.28. The first-order chi connectivity index (χ1) is 8.90. The first kappa shape index (κ1) is 16.0. The minimum Gasteiger partial charge on any atom is -0.355 e. The topological polar surface area (TPSA) is 84.2 Å². The van der Waals surface area contributed by atoms with Crippen LogP contribution in [0.5, 0.6) is 0 Å². The van der Waals surface area contributed by atoms with Gasteiger partial charge in [-0.25, -0.2) is 0 Å². The number of nitrogens with one attached hydrogen (secondary N) is 2. The van der Waals surface area contributed by atoms with Crippen molar-refractivity contribution in [2.45, 2.75) is 58.5 Å². The molecule has 2 amide bonds. The fourth-order valence-electron chi connectivity index (χ4n) is 2.53. The van der Waals surface area contributed by atoms with Gasteiger partial charge in [0.05, 0.1) is 5.92 Å². The van der Waals surface area contributed by atoms with E-state index in [1.165, 1.54) is 0 Å². The van der Waals surface area contributed by atoms with Crippen LogP contribution in [0.3, 0.4) is 0 Å². The zero-order valence-corrected chi connectivity index (χ0v) is 12.2. The molecule has 0 aromatic rings. The summed E-state index contributed by atoms with van der Waals surface area (Å²) in [6.07, 6.45) is 3.18. The van der Waals surface area contributed by atoms with E-state index in [1.807, 2.05) is 13.8 Å². The van der Waals surface area contributed by atoms with E-state index in [0.29, 0.717) is 18.9 Å². The molecule has 1 fully saturated rings. The Labute approximate surface area is 115 Å². The molecule has 0 heterocycles. The third-order valence-electron chi connectivity index (χ3n) is 3.60. The number of hydrogen-bond donors (Lipinski definition) is 3. The van der Waals surface area contributed by atoms with Crippen LogP contribution in [0, 0.1) is 11.8 Å². The monoisotopic (exact) mass is 269 g/mol. The maximum atomic E-state index is 12.0. The summed E-state index contributed by atoms with van der Waals surface area (Å²) in [6, 6.07) is 0.0940. The fraction of sp³-hybridized carbons (Fsp3) is 0.857. The lowest BCUT2D eigenvalue weighted by molar-refractivity contribution is -0.127. The van der Waals surface area contributed by atoms with Crippen LogP contribution in [-0.2, 0) is 9.59 Å². The summed E-state index contributed by atoms with van der Waals surface area (Å²) >= 11 is 0. The normalized spacial score (nSPS) is 27.1. The lowest BCUT2D eigenvalue weighted by Gasteiger charge is -2.31. The summed E-state index contributed by atoms with van der Waals surface area (Å²) in [7, 11) is 0. The van der Waals surface area contributed by atoms with Gasteiger partial charge in [-0.15, -0.1) is 0 Å². The number of hydrogen-bond acceptors (Lipinski definition) is 3. The number of carbonyl (C=O) groups is 2. The first-order valence-electron chi connectivity index (χ1n) is 7.22. The van der Waals surface area contributed by atoms with Crippen molar-refractivity contribution < 1.29 is 9.59 Å². The lowest BCUT2D eigenvalue weighted by Crippen LogP contribution is -2.46. The molecule has 1 rings (SSSR count). The van der Waals surface area contributed by atoms with Crippen molar-refractivity contribution >= 4 is 11.8 Å². The van der Waals surface area contributed by atoms with Crippen LogP contribution >= 0.6 is 0 Å². The van der Waals surface area contributed by atoms with Gasteiger partial charge in [0, 0.05) is 25.0 Å². The van der Waals surface area contributed by atoms with Gasteiger partial charge in [0.2, 0.25) is 11.8 Å².